The van der Waals surface area contributed by atoms with Crippen LogP contribution in [0.4, 0.5) is 0 Å². The van der Waals surface area contributed by atoms with E-state index < -0.39 is 11.6 Å². The van der Waals surface area contributed by atoms with Crippen LogP contribution in [0, 0.1) is 5.92 Å². The van der Waals surface area contributed by atoms with Gasteiger partial charge in [-0.05, 0) is 47.8 Å². The first kappa shape index (κ1) is 16.8. The number of allylic oxidation sites excluding steroid dienone is 1. The van der Waals surface area contributed by atoms with Gasteiger partial charge in [0.05, 0.1) is 5.57 Å². The predicted octanol–water partition coefficient (Wildman–Crippen LogP) is 5.39. The summed E-state index contributed by atoms with van der Waals surface area (Å²) in [5, 5.41) is 25.0. The van der Waals surface area contributed by atoms with Gasteiger partial charge in [-0.1, -0.05) is 49.1 Å². The fraction of sp³-hybridized carbons (Fsp3) is 0.471. The highest BCUT2D eigenvalue weighted by atomic mass is 35.5. The first-order valence-corrected chi connectivity index (χ1v) is 8.47. The standard InChI is InChI=1S/C17H19ClN4O2/c1-17(19-21-22-20-17)14-8-7-12(10-15(14)18)13(16(23)24)9-11-5-3-2-4-6-11/h7-11H,2-6H2,1H3,(H,23,24)/b13-9+. The molecule has 2 aliphatic rings. The average Bonchev–Trinajstić information content (AvgIpc) is 3.00. The molecule has 0 amide bonds. The third-order valence-corrected chi connectivity index (χ3v) is 4.90. The summed E-state index contributed by atoms with van der Waals surface area (Å²) in [5.74, 6) is -0.617. The Labute approximate surface area is 145 Å². The van der Waals surface area contributed by atoms with Crippen molar-refractivity contribution in [2.45, 2.75) is 44.7 Å². The summed E-state index contributed by atoms with van der Waals surface area (Å²) < 4.78 is 0. The third-order valence-electron chi connectivity index (χ3n) is 4.59. The number of carbonyl (C=O) groups is 1. The van der Waals surface area contributed by atoms with Gasteiger partial charge in [-0.2, -0.15) is 0 Å². The highest BCUT2D eigenvalue weighted by Gasteiger charge is 2.32. The van der Waals surface area contributed by atoms with Crippen LogP contribution in [-0.2, 0) is 10.5 Å². The normalized spacial score (nSPS) is 20.5. The van der Waals surface area contributed by atoms with Gasteiger partial charge in [-0.25, -0.2) is 4.79 Å². The number of hydrogen-bond donors (Lipinski definition) is 1. The molecule has 1 aliphatic carbocycles. The lowest BCUT2D eigenvalue weighted by atomic mass is 9.86. The van der Waals surface area contributed by atoms with Crippen molar-refractivity contribution in [1.82, 2.24) is 0 Å². The second-order valence-electron chi connectivity index (χ2n) is 6.38. The predicted molar refractivity (Wildman–Crippen MR) is 90.7 cm³/mol. The maximum atomic E-state index is 11.7. The topological polar surface area (TPSA) is 86.7 Å². The largest absolute Gasteiger partial charge is 0.478 e. The summed E-state index contributed by atoms with van der Waals surface area (Å²) in [5.41, 5.74) is 0.610. The molecule has 1 heterocycles. The molecule has 0 saturated heterocycles. The maximum Gasteiger partial charge on any atom is 0.335 e. The molecule has 1 aliphatic heterocycles. The fourth-order valence-corrected chi connectivity index (χ4v) is 3.60. The molecule has 0 radical (unpaired) electrons. The lowest BCUT2D eigenvalue weighted by Crippen LogP contribution is -2.14. The molecule has 3 rings (SSSR count). The van der Waals surface area contributed by atoms with E-state index in [9.17, 15) is 9.90 Å². The van der Waals surface area contributed by atoms with Crippen LogP contribution in [0.15, 0.2) is 45.0 Å². The van der Waals surface area contributed by atoms with Gasteiger partial charge in [0.2, 0.25) is 5.66 Å². The van der Waals surface area contributed by atoms with Crippen LogP contribution in [0.25, 0.3) is 5.57 Å². The molecular formula is C17H19ClN4O2. The molecule has 126 valence electrons. The monoisotopic (exact) mass is 346 g/mol. The van der Waals surface area contributed by atoms with Crippen molar-refractivity contribution in [3.05, 3.63) is 40.4 Å². The highest BCUT2D eigenvalue weighted by molar-refractivity contribution is 6.32. The molecule has 7 heteroatoms. The van der Waals surface area contributed by atoms with Crippen LogP contribution in [-0.4, -0.2) is 11.1 Å². The van der Waals surface area contributed by atoms with Gasteiger partial charge in [0, 0.05) is 10.6 Å². The number of halogens is 1. The molecule has 0 aromatic heterocycles. The van der Waals surface area contributed by atoms with Crippen LogP contribution in [0.1, 0.15) is 50.2 Å². The number of aliphatic carboxylic acids is 1. The summed E-state index contributed by atoms with van der Waals surface area (Å²) in [6, 6.07) is 5.16. The van der Waals surface area contributed by atoms with Crippen molar-refractivity contribution < 1.29 is 9.90 Å². The molecule has 1 fully saturated rings. The first-order valence-electron chi connectivity index (χ1n) is 8.09. The van der Waals surface area contributed by atoms with Crippen molar-refractivity contribution >= 4 is 23.1 Å². The van der Waals surface area contributed by atoms with Crippen LogP contribution in [0.5, 0.6) is 0 Å². The number of nitrogens with zero attached hydrogens (tertiary/aromatic N) is 4. The summed E-state index contributed by atoms with van der Waals surface area (Å²) in [4.78, 5) is 11.7. The van der Waals surface area contributed by atoms with Crippen molar-refractivity contribution in [3.63, 3.8) is 0 Å². The maximum absolute atomic E-state index is 11.7. The average molecular weight is 347 g/mol. The van der Waals surface area contributed by atoms with Crippen LogP contribution < -0.4 is 0 Å². The molecular weight excluding hydrogens is 328 g/mol. The van der Waals surface area contributed by atoms with Gasteiger partial charge in [0.15, 0.2) is 0 Å². The van der Waals surface area contributed by atoms with E-state index in [0.717, 1.165) is 25.7 Å². The zero-order valence-corrected chi connectivity index (χ0v) is 14.2. The number of carboxylic acids is 1. The summed E-state index contributed by atoms with van der Waals surface area (Å²) >= 11 is 6.37. The second kappa shape index (κ2) is 6.81. The summed E-state index contributed by atoms with van der Waals surface area (Å²) in [7, 11) is 0. The molecule has 0 spiro atoms. The lowest BCUT2D eigenvalue weighted by molar-refractivity contribution is -0.130. The van der Waals surface area contributed by atoms with E-state index >= 15 is 0 Å². The van der Waals surface area contributed by atoms with Crippen molar-refractivity contribution in [3.8, 4) is 0 Å². The zero-order chi connectivity index (χ0) is 17.2. The first-order chi connectivity index (χ1) is 11.5. The number of benzene rings is 1. The van der Waals surface area contributed by atoms with E-state index in [1.165, 1.54) is 6.42 Å². The Bertz CT molecular complexity index is 724. The molecule has 0 atom stereocenters. The Kier molecular flexibility index (Phi) is 4.76. The number of carboxylic acid groups (broad SMARTS) is 1. The Morgan fingerprint density at radius 3 is 2.50 bits per heavy atom. The van der Waals surface area contributed by atoms with Crippen molar-refractivity contribution in [1.29, 1.82) is 0 Å². The zero-order valence-electron chi connectivity index (χ0n) is 13.4. The molecule has 24 heavy (non-hydrogen) atoms. The fourth-order valence-electron chi connectivity index (χ4n) is 3.24. The molecule has 1 aromatic rings. The molecule has 1 N–H and O–H groups in total. The summed E-state index contributed by atoms with van der Waals surface area (Å²) in [6.07, 6.45) is 7.51. The van der Waals surface area contributed by atoms with E-state index in [4.69, 9.17) is 11.6 Å². The summed E-state index contributed by atoms with van der Waals surface area (Å²) in [6.45, 7) is 1.75. The van der Waals surface area contributed by atoms with E-state index in [2.05, 4.69) is 20.7 Å². The van der Waals surface area contributed by atoms with Crippen LogP contribution in [0.3, 0.4) is 0 Å². The number of rotatable bonds is 4. The Morgan fingerprint density at radius 1 is 1.25 bits per heavy atom. The lowest BCUT2D eigenvalue weighted by Gasteiger charge is -2.20. The van der Waals surface area contributed by atoms with Gasteiger partial charge in [0.25, 0.3) is 0 Å². The van der Waals surface area contributed by atoms with Crippen LogP contribution >= 0.6 is 11.6 Å². The van der Waals surface area contributed by atoms with E-state index in [-0.39, 0.29) is 0 Å². The smallest absolute Gasteiger partial charge is 0.335 e. The van der Waals surface area contributed by atoms with Crippen molar-refractivity contribution in [2.75, 3.05) is 0 Å². The highest BCUT2D eigenvalue weighted by Crippen LogP contribution is 2.37. The minimum absolute atomic E-state index is 0.301. The quantitative estimate of drug-likeness (QED) is 0.740. The van der Waals surface area contributed by atoms with E-state index in [0.29, 0.717) is 27.6 Å². The van der Waals surface area contributed by atoms with Crippen molar-refractivity contribution in [2.24, 2.45) is 26.6 Å². The molecule has 6 nitrogen and oxygen atoms in total. The van der Waals surface area contributed by atoms with Gasteiger partial charge < -0.3 is 5.11 Å². The Hall–Kier alpha value is -2.08. The van der Waals surface area contributed by atoms with Gasteiger partial charge in [0.1, 0.15) is 0 Å². The molecule has 1 saturated carbocycles. The SMILES string of the molecule is CC1(c2ccc(/C(=C\C3CCCCC3)C(=O)O)cc2Cl)N=NN=N1. The minimum atomic E-state index is -0.938. The number of hydrogen-bond acceptors (Lipinski definition) is 5. The molecule has 0 bridgehead atoms. The third kappa shape index (κ3) is 3.38. The molecule has 0 unspecified atom stereocenters. The Morgan fingerprint density at radius 2 is 1.92 bits per heavy atom. The van der Waals surface area contributed by atoms with E-state index in [1.54, 1.807) is 25.1 Å². The van der Waals surface area contributed by atoms with Gasteiger partial charge in [-0.3, -0.25) is 0 Å². The second-order valence-corrected chi connectivity index (χ2v) is 6.79. The molecule has 1 aromatic carbocycles. The Balaban J connectivity index is 1.93. The van der Waals surface area contributed by atoms with E-state index in [1.807, 2.05) is 6.08 Å². The van der Waals surface area contributed by atoms with Gasteiger partial charge >= 0.3 is 5.97 Å². The minimum Gasteiger partial charge on any atom is -0.478 e. The van der Waals surface area contributed by atoms with Crippen LogP contribution in [0.2, 0.25) is 5.02 Å². The van der Waals surface area contributed by atoms with Gasteiger partial charge in [-0.15, -0.1) is 10.2 Å².